The van der Waals surface area contributed by atoms with Crippen LogP contribution in [0, 0.1) is 5.82 Å². The Balaban J connectivity index is 1.63. The van der Waals surface area contributed by atoms with E-state index >= 15 is 0 Å². The molecular weight excluding hydrogens is 382 g/mol. The van der Waals surface area contributed by atoms with Gasteiger partial charge in [-0.1, -0.05) is 59.6 Å². The molecule has 1 aromatic heterocycles. The molecule has 4 aromatic rings. The summed E-state index contributed by atoms with van der Waals surface area (Å²) in [6, 6.07) is 20.8. The van der Waals surface area contributed by atoms with Crippen LogP contribution in [-0.4, -0.2) is 4.57 Å². The minimum Gasteiger partial charge on any atom is -0.381 e. The summed E-state index contributed by atoms with van der Waals surface area (Å²) in [7, 11) is 0. The van der Waals surface area contributed by atoms with Crippen molar-refractivity contribution in [1.82, 2.24) is 4.57 Å². The van der Waals surface area contributed by atoms with Gasteiger partial charge in [0.15, 0.2) is 0 Å². The number of anilines is 1. The van der Waals surface area contributed by atoms with E-state index in [0.717, 1.165) is 27.4 Å². The summed E-state index contributed by atoms with van der Waals surface area (Å²) in [5.41, 5.74) is 4.15. The van der Waals surface area contributed by atoms with Crippen LogP contribution >= 0.6 is 23.2 Å². The third-order valence-electron chi connectivity index (χ3n) is 4.57. The van der Waals surface area contributed by atoms with E-state index in [0.29, 0.717) is 13.1 Å². The standard InChI is InChI=1S/C22H17Cl2FN2/c23-19-7-3-1-5-15(19)13-27-14-16(18-6-2-4-8-22(18)27)12-26-17-9-10-21(25)20(24)11-17/h1-11,14,26H,12-13H2. The third-order valence-corrected chi connectivity index (χ3v) is 5.23. The first kappa shape index (κ1) is 17.9. The van der Waals surface area contributed by atoms with Crippen LogP contribution in [0.4, 0.5) is 10.1 Å². The molecule has 0 saturated heterocycles. The minimum atomic E-state index is -0.418. The molecule has 0 aliphatic heterocycles. The summed E-state index contributed by atoms with van der Waals surface area (Å²) in [5, 5.41) is 5.36. The van der Waals surface area contributed by atoms with E-state index in [2.05, 4.69) is 28.2 Å². The van der Waals surface area contributed by atoms with Crippen molar-refractivity contribution in [3.05, 3.63) is 99.9 Å². The maximum Gasteiger partial charge on any atom is 0.141 e. The molecule has 3 aromatic carbocycles. The molecule has 136 valence electrons. The zero-order valence-corrected chi connectivity index (χ0v) is 15.9. The molecule has 0 aliphatic rings. The number of fused-ring (bicyclic) bond motifs is 1. The highest BCUT2D eigenvalue weighted by Crippen LogP contribution is 2.26. The Labute approximate surface area is 167 Å². The second-order valence-electron chi connectivity index (χ2n) is 6.37. The number of benzene rings is 3. The van der Waals surface area contributed by atoms with Crippen LogP contribution in [0.5, 0.6) is 0 Å². The number of nitrogens with one attached hydrogen (secondary N) is 1. The molecule has 4 rings (SSSR count). The Morgan fingerprint density at radius 2 is 1.63 bits per heavy atom. The van der Waals surface area contributed by atoms with Crippen LogP contribution in [-0.2, 0) is 13.1 Å². The van der Waals surface area contributed by atoms with E-state index in [4.69, 9.17) is 23.2 Å². The molecule has 0 aliphatic carbocycles. The summed E-state index contributed by atoms with van der Waals surface area (Å²) >= 11 is 12.2. The Morgan fingerprint density at radius 3 is 2.44 bits per heavy atom. The number of halogens is 3. The molecule has 5 heteroatoms. The number of rotatable bonds is 5. The summed E-state index contributed by atoms with van der Waals surface area (Å²) in [6.45, 7) is 1.31. The summed E-state index contributed by atoms with van der Waals surface area (Å²) in [6.07, 6.45) is 2.13. The van der Waals surface area contributed by atoms with Gasteiger partial charge in [0.1, 0.15) is 5.82 Å². The van der Waals surface area contributed by atoms with Gasteiger partial charge in [0.05, 0.1) is 5.02 Å². The first-order chi connectivity index (χ1) is 13.1. The maximum absolute atomic E-state index is 13.3. The molecule has 0 atom stereocenters. The van der Waals surface area contributed by atoms with Crippen molar-refractivity contribution in [2.75, 3.05) is 5.32 Å². The van der Waals surface area contributed by atoms with Gasteiger partial charge in [0.2, 0.25) is 0 Å². The van der Waals surface area contributed by atoms with E-state index in [-0.39, 0.29) is 5.02 Å². The monoisotopic (exact) mass is 398 g/mol. The summed E-state index contributed by atoms with van der Waals surface area (Å²) in [4.78, 5) is 0. The number of hydrogen-bond acceptors (Lipinski definition) is 1. The van der Waals surface area contributed by atoms with Gasteiger partial charge in [-0.05, 0) is 41.5 Å². The fraction of sp³-hybridized carbons (Fsp3) is 0.0909. The lowest BCUT2D eigenvalue weighted by atomic mass is 10.1. The van der Waals surface area contributed by atoms with Crippen molar-refractivity contribution in [3.8, 4) is 0 Å². The quantitative estimate of drug-likeness (QED) is 0.393. The van der Waals surface area contributed by atoms with Crippen molar-refractivity contribution < 1.29 is 4.39 Å². The highest BCUT2D eigenvalue weighted by Gasteiger charge is 2.10. The molecule has 0 radical (unpaired) electrons. The fourth-order valence-electron chi connectivity index (χ4n) is 3.21. The average molecular weight is 399 g/mol. The lowest BCUT2D eigenvalue weighted by Crippen LogP contribution is -2.00. The Kier molecular flexibility index (Phi) is 5.06. The number of para-hydroxylation sites is 1. The first-order valence-corrected chi connectivity index (χ1v) is 9.36. The zero-order valence-electron chi connectivity index (χ0n) is 14.4. The predicted molar refractivity (Wildman–Crippen MR) is 111 cm³/mol. The number of nitrogens with zero attached hydrogens (tertiary/aromatic N) is 1. The van der Waals surface area contributed by atoms with Gasteiger partial charge in [0.25, 0.3) is 0 Å². The van der Waals surface area contributed by atoms with Gasteiger partial charge in [-0.25, -0.2) is 4.39 Å². The smallest absolute Gasteiger partial charge is 0.141 e. The molecule has 0 unspecified atom stereocenters. The molecule has 2 nitrogen and oxygen atoms in total. The average Bonchev–Trinajstić information content (AvgIpc) is 3.02. The number of aromatic nitrogens is 1. The topological polar surface area (TPSA) is 17.0 Å². The molecule has 0 saturated carbocycles. The van der Waals surface area contributed by atoms with Crippen molar-refractivity contribution in [2.24, 2.45) is 0 Å². The van der Waals surface area contributed by atoms with Gasteiger partial charge in [-0.3, -0.25) is 0 Å². The first-order valence-electron chi connectivity index (χ1n) is 8.61. The van der Waals surface area contributed by atoms with E-state index in [1.54, 1.807) is 12.1 Å². The highest BCUT2D eigenvalue weighted by atomic mass is 35.5. The lowest BCUT2D eigenvalue weighted by molar-refractivity contribution is 0.628. The van der Waals surface area contributed by atoms with Crippen molar-refractivity contribution in [3.63, 3.8) is 0 Å². The molecule has 1 N–H and O–H groups in total. The normalized spacial score (nSPS) is 11.1. The highest BCUT2D eigenvalue weighted by molar-refractivity contribution is 6.31. The van der Waals surface area contributed by atoms with Crippen LogP contribution in [0.1, 0.15) is 11.1 Å². The zero-order chi connectivity index (χ0) is 18.8. The Hall–Kier alpha value is -2.49. The van der Waals surface area contributed by atoms with E-state index in [1.165, 1.54) is 11.5 Å². The second-order valence-corrected chi connectivity index (χ2v) is 7.19. The van der Waals surface area contributed by atoms with Crippen molar-refractivity contribution >= 4 is 39.8 Å². The predicted octanol–water partition coefficient (Wildman–Crippen LogP) is 6.75. The molecule has 0 amide bonds. The van der Waals surface area contributed by atoms with Gasteiger partial charge >= 0.3 is 0 Å². The summed E-state index contributed by atoms with van der Waals surface area (Å²) < 4.78 is 15.5. The molecule has 1 heterocycles. The Morgan fingerprint density at radius 1 is 0.852 bits per heavy atom. The molecule has 0 bridgehead atoms. The lowest BCUT2D eigenvalue weighted by Gasteiger charge is -2.07. The van der Waals surface area contributed by atoms with Crippen LogP contribution < -0.4 is 5.32 Å². The van der Waals surface area contributed by atoms with Gasteiger partial charge in [0, 0.05) is 40.9 Å². The van der Waals surface area contributed by atoms with Crippen LogP contribution in [0.3, 0.4) is 0 Å². The fourth-order valence-corrected chi connectivity index (χ4v) is 3.58. The van der Waals surface area contributed by atoms with E-state index in [9.17, 15) is 4.39 Å². The molecule has 0 spiro atoms. The maximum atomic E-state index is 13.3. The van der Waals surface area contributed by atoms with Crippen molar-refractivity contribution in [2.45, 2.75) is 13.1 Å². The van der Waals surface area contributed by atoms with Gasteiger partial charge in [-0.2, -0.15) is 0 Å². The second kappa shape index (κ2) is 7.63. The SMILES string of the molecule is Fc1ccc(NCc2cn(Cc3ccccc3Cl)c3ccccc23)cc1Cl. The number of hydrogen-bond donors (Lipinski definition) is 1. The third kappa shape index (κ3) is 3.80. The van der Waals surface area contributed by atoms with Crippen LogP contribution in [0.15, 0.2) is 72.9 Å². The summed E-state index contributed by atoms with van der Waals surface area (Å²) in [5.74, 6) is -0.418. The van der Waals surface area contributed by atoms with Gasteiger partial charge < -0.3 is 9.88 Å². The van der Waals surface area contributed by atoms with Crippen LogP contribution in [0.25, 0.3) is 10.9 Å². The molecular formula is C22H17Cl2FN2. The largest absolute Gasteiger partial charge is 0.381 e. The van der Waals surface area contributed by atoms with Crippen LogP contribution in [0.2, 0.25) is 10.0 Å². The minimum absolute atomic E-state index is 0.112. The Bertz CT molecular complexity index is 1100. The molecule has 27 heavy (non-hydrogen) atoms. The van der Waals surface area contributed by atoms with Crippen molar-refractivity contribution in [1.29, 1.82) is 0 Å². The van der Waals surface area contributed by atoms with E-state index in [1.807, 2.05) is 36.4 Å². The molecule has 0 fully saturated rings. The van der Waals surface area contributed by atoms with Gasteiger partial charge in [-0.15, -0.1) is 0 Å². The van der Waals surface area contributed by atoms with E-state index < -0.39 is 5.82 Å².